The zero-order valence-electron chi connectivity index (χ0n) is 15.7. The minimum absolute atomic E-state index is 0.00639. The largest absolute Gasteiger partial charge is 0.493 e. The summed E-state index contributed by atoms with van der Waals surface area (Å²) in [5.41, 5.74) is 4.15. The van der Waals surface area contributed by atoms with E-state index in [4.69, 9.17) is 9.47 Å². The molecule has 1 aliphatic heterocycles. The normalized spacial score (nSPS) is 16.4. The molecule has 1 heterocycles. The average molecular weight is 352 g/mol. The Morgan fingerprint density at radius 1 is 1.12 bits per heavy atom. The third-order valence-corrected chi connectivity index (χ3v) is 4.65. The average Bonchev–Trinajstić information content (AvgIpc) is 3.12. The van der Waals surface area contributed by atoms with Gasteiger partial charge in [-0.3, -0.25) is 4.79 Å². The van der Waals surface area contributed by atoms with Gasteiger partial charge in [0.2, 0.25) is 5.91 Å². The van der Waals surface area contributed by atoms with Crippen LogP contribution in [-0.2, 0) is 4.79 Å². The Bertz CT molecular complexity index is 828. The van der Waals surface area contributed by atoms with Crippen LogP contribution in [0.25, 0.3) is 0 Å². The van der Waals surface area contributed by atoms with Crippen LogP contribution in [0.1, 0.15) is 42.5 Å². The first-order valence-corrected chi connectivity index (χ1v) is 8.75. The summed E-state index contributed by atoms with van der Waals surface area (Å²) in [7, 11) is 3.22. The fourth-order valence-corrected chi connectivity index (χ4v) is 3.14. The van der Waals surface area contributed by atoms with Crippen molar-refractivity contribution in [2.45, 2.75) is 32.7 Å². The van der Waals surface area contributed by atoms with E-state index in [0.29, 0.717) is 24.3 Å². The summed E-state index contributed by atoms with van der Waals surface area (Å²) in [6, 6.07) is 13.9. The molecule has 2 aromatic rings. The van der Waals surface area contributed by atoms with Gasteiger partial charge in [0.15, 0.2) is 11.5 Å². The second-order valence-electron chi connectivity index (χ2n) is 6.34. The number of benzene rings is 2. The molecule has 1 amide bonds. The maximum atomic E-state index is 12.5. The number of nitrogens with zero attached hydrogens (tertiary/aromatic N) is 2. The molecule has 1 unspecified atom stereocenters. The number of ether oxygens (including phenoxy) is 2. The SMILES string of the molecule is CCC(=O)N1N=C(c2ccc(C)cc2)CC1c1ccc(OC)c(OC)c1. The molecule has 0 N–H and O–H groups in total. The summed E-state index contributed by atoms with van der Waals surface area (Å²) in [6.45, 7) is 3.91. The van der Waals surface area contributed by atoms with Crippen LogP contribution < -0.4 is 9.47 Å². The number of carbonyl (C=O) groups is 1. The van der Waals surface area contributed by atoms with Crippen LogP contribution in [0, 0.1) is 6.92 Å². The van der Waals surface area contributed by atoms with E-state index in [1.165, 1.54) is 5.56 Å². The smallest absolute Gasteiger partial charge is 0.242 e. The molecule has 0 aliphatic carbocycles. The lowest BCUT2D eigenvalue weighted by Gasteiger charge is -2.22. The standard InChI is InChI=1S/C21H24N2O3/c1-5-21(24)23-18(16-10-11-19(25-3)20(12-16)26-4)13-17(22-23)15-8-6-14(2)7-9-15/h6-12,18H,5,13H2,1-4H3. The minimum atomic E-state index is -0.140. The van der Waals surface area contributed by atoms with Gasteiger partial charge < -0.3 is 9.47 Å². The topological polar surface area (TPSA) is 51.1 Å². The number of carbonyl (C=O) groups excluding carboxylic acids is 1. The Labute approximate surface area is 154 Å². The van der Waals surface area contributed by atoms with E-state index < -0.39 is 0 Å². The van der Waals surface area contributed by atoms with Crippen LogP contribution in [0.15, 0.2) is 47.6 Å². The first-order valence-electron chi connectivity index (χ1n) is 8.75. The van der Waals surface area contributed by atoms with Gasteiger partial charge in [0.25, 0.3) is 0 Å². The molecule has 3 rings (SSSR count). The van der Waals surface area contributed by atoms with Crippen LogP contribution in [0.3, 0.4) is 0 Å². The third-order valence-electron chi connectivity index (χ3n) is 4.65. The van der Waals surface area contributed by atoms with Gasteiger partial charge in [0.1, 0.15) is 0 Å². The number of rotatable bonds is 5. The van der Waals surface area contributed by atoms with Crippen molar-refractivity contribution in [1.82, 2.24) is 5.01 Å². The molecule has 5 nitrogen and oxygen atoms in total. The molecule has 0 radical (unpaired) electrons. The van der Waals surface area contributed by atoms with Crippen molar-refractivity contribution in [1.29, 1.82) is 0 Å². The molecule has 5 heteroatoms. The van der Waals surface area contributed by atoms with Crippen LogP contribution in [0.4, 0.5) is 0 Å². The highest BCUT2D eigenvalue weighted by molar-refractivity contribution is 6.03. The maximum Gasteiger partial charge on any atom is 0.242 e. The monoisotopic (exact) mass is 352 g/mol. The van der Waals surface area contributed by atoms with Gasteiger partial charge in [-0.1, -0.05) is 42.8 Å². The third kappa shape index (κ3) is 3.43. The quantitative estimate of drug-likeness (QED) is 0.814. The number of amides is 1. The second kappa shape index (κ2) is 7.60. The molecule has 0 spiro atoms. The van der Waals surface area contributed by atoms with E-state index in [1.54, 1.807) is 19.2 Å². The molecule has 0 aromatic heterocycles. The van der Waals surface area contributed by atoms with Gasteiger partial charge in [0, 0.05) is 12.8 Å². The molecule has 0 bridgehead atoms. The summed E-state index contributed by atoms with van der Waals surface area (Å²) >= 11 is 0. The highest BCUT2D eigenvalue weighted by atomic mass is 16.5. The molecule has 0 saturated carbocycles. The minimum Gasteiger partial charge on any atom is -0.493 e. The summed E-state index contributed by atoms with van der Waals surface area (Å²) in [6.07, 6.45) is 1.08. The van der Waals surface area contributed by atoms with E-state index in [2.05, 4.69) is 36.3 Å². The fraction of sp³-hybridized carbons (Fsp3) is 0.333. The van der Waals surface area contributed by atoms with Crippen molar-refractivity contribution in [3.8, 4) is 11.5 Å². The molecule has 2 aromatic carbocycles. The highest BCUT2D eigenvalue weighted by Gasteiger charge is 2.32. The van der Waals surface area contributed by atoms with Gasteiger partial charge in [-0.15, -0.1) is 0 Å². The van der Waals surface area contributed by atoms with Crippen LogP contribution in [-0.4, -0.2) is 30.8 Å². The van der Waals surface area contributed by atoms with E-state index in [0.717, 1.165) is 16.8 Å². The van der Waals surface area contributed by atoms with Gasteiger partial charge in [-0.25, -0.2) is 5.01 Å². The zero-order valence-corrected chi connectivity index (χ0v) is 15.7. The van der Waals surface area contributed by atoms with Gasteiger partial charge in [-0.05, 0) is 30.2 Å². The first-order chi connectivity index (χ1) is 12.6. The lowest BCUT2D eigenvalue weighted by Crippen LogP contribution is -2.26. The predicted octanol–water partition coefficient (Wildman–Crippen LogP) is 4.10. The Morgan fingerprint density at radius 2 is 1.81 bits per heavy atom. The van der Waals surface area contributed by atoms with E-state index in [1.807, 2.05) is 25.1 Å². The Balaban J connectivity index is 1.96. The zero-order chi connectivity index (χ0) is 18.7. The van der Waals surface area contributed by atoms with E-state index in [-0.39, 0.29) is 11.9 Å². The van der Waals surface area contributed by atoms with Crippen molar-refractivity contribution in [3.63, 3.8) is 0 Å². The van der Waals surface area contributed by atoms with Crippen molar-refractivity contribution in [3.05, 3.63) is 59.2 Å². The molecule has 0 fully saturated rings. The number of hydrogen-bond donors (Lipinski definition) is 0. The second-order valence-corrected chi connectivity index (χ2v) is 6.34. The van der Waals surface area contributed by atoms with E-state index in [9.17, 15) is 4.79 Å². The lowest BCUT2D eigenvalue weighted by molar-refractivity contribution is -0.132. The molecular formula is C21H24N2O3. The van der Waals surface area contributed by atoms with Gasteiger partial charge in [0.05, 0.1) is 26.0 Å². The predicted molar refractivity (Wildman–Crippen MR) is 102 cm³/mol. The summed E-state index contributed by atoms with van der Waals surface area (Å²) in [5, 5.41) is 6.25. The Hall–Kier alpha value is -2.82. The van der Waals surface area contributed by atoms with Crippen molar-refractivity contribution in [2.24, 2.45) is 5.10 Å². The van der Waals surface area contributed by atoms with E-state index >= 15 is 0 Å². The molecule has 136 valence electrons. The van der Waals surface area contributed by atoms with Crippen molar-refractivity contribution in [2.75, 3.05) is 14.2 Å². The number of hydrogen-bond acceptors (Lipinski definition) is 4. The van der Waals surface area contributed by atoms with Gasteiger partial charge in [-0.2, -0.15) is 5.10 Å². The molecule has 1 aliphatic rings. The van der Waals surface area contributed by atoms with Crippen LogP contribution in [0.5, 0.6) is 11.5 Å². The van der Waals surface area contributed by atoms with Crippen LogP contribution in [0.2, 0.25) is 0 Å². The van der Waals surface area contributed by atoms with Crippen molar-refractivity contribution >= 4 is 11.6 Å². The highest BCUT2D eigenvalue weighted by Crippen LogP contribution is 2.37. The number of methoxy groups -OCH3 is 2. The molecule has 0 saturated heterocycles. The van der Waals surface area contributed by atoms with Crippen LogP contribution >= 0.6 is 0 Å². The molecule has 26 heavy (non-hydrogen) atoms. The van der Waals surface area contributed by atoms with Crippen molar-refractivity contribution < 1.29 is 14.3 Å². The summed E-state index contributed by atoms with van der Waals surface area (Å²) in [4.78, 5) is 12.5. The Kier molecular flexibility index (Phi) is 5.26. The maximum absolute atomic E-state index is 12.5. The summed E-state index contributed by atoms with van der Waals surface area (Å²) < 4.78 is 10.7. The molecule has 1 atom stereocenters. The molecular weight excluding hydrogens is 328 g/mol. The Morgan fingerprint density at radius 3 is 2.42 bits per heavy atom. The van der Waals surface area contributed by atoms with Gasteiger partial charge >= 0.3 is 0 Å². The number of hydrazone groups is 1. The fourth-order valence-electron chi connectivity index (χ4n) is 3.14. The summed E-state index contributed by atoms with van der Waals surface area (Å²) in [5.74, 6) is 1.33. The number of aryl methyl sites for hydroxylation is 1. The lowest BCUT2D eigenvalue weighted by atomic mass is 9.97. The first kappa shape index (κ1) is 18.0.